The van der Waals surface area contributed by atoms with E-state index >= 15 is 0 Å². The van der Waals surface area contributed by atoms with E-state index in [1.54, 1.807) is 37.3 Å². The standard InChI is InChI=1S/C22H20N4O3S/c1-13-12-18(25-29-13)23-21(28)19-14(2)26(16-6-4-3-5-7-16)22(30)24-20(19)15-8-10-17(27)11-9-15/h3-12,20,27H,1-2H3,(H,24,30)(H,23,25,28)/t20-/m1/s1. The SMILES string of the molecule is CC1=C(C(=O)Nc2cc(C)on2)[C@@H](c2ccc(O)cc2)NC(=S)N1c1ccccc1. The molecule has 0 fully saturated rings. The zero-order valence-corrected chi connectivity index (χ0v) is 17.2. The average molecular weight is 420 g/mol. The van der Waals surface area contributed by atoms with Gasteiger partial charge in [0.25, 0.3) is 5.91 Å². The Morgan fingerprint density at radius 2 is 1.87 bits per heavy atom. The summed E-state index contributed by atoms with van der Waals surface area (Å²) >= 11 is 5.63. The lowest BCUT2D eigenvalue weighted by Gasteiger charge is -2.37. The summed E-state index contributed by atoms with van der Waals surface area (Å²) in [4.78, 5) is 15.1. The van der Waals surface area contributed by atoms with Crippen LogP contribution in [0.15, 0.2) is 76.5 Å². The Balaban J connectivity index is 1.80. The number of aromatic hydroxyl groups is 1. The highest BCUT2D eigenvalue weighted by Crippen LogP contribution is 2.34. The fourth-order valence-electron chi connectivity index (χ4n) is 3.45. The van der Waals surface area contributed by atoms with E-state index in [0.29, 0.717) is 28.0 Å². The number of allylic oxidation sites excluding steroid dienone is 1. The summed E-state index contributed by atoms with van der Waals surface area (Å²) in [6.45, 7) is 3.61. The van der Waals surface area contributed by atoms with E-state index in [4.69, 9.17) is 16.7 Å². The predicted octanol–water partition coefficient (Wildman–Crippen LogP) is 4.04. The maximum absolute atomic E-state index is 13.3. The highest BCUT2D eigenvalue weighted by molar-refractivity contribution is 7.80. The van der Waals surface area contributed by atoms with Crippen LogP contribution in [0, 0.1) is 6.92 Å². The van der Waals surface area contributed by atoms with E-state index in [-0.39, 0.29) is 11.7 Å². The summed E-state index contributed by atoms with van der Waals surface area (Å²) in [5, 5.41) is 20.1. The summed E-state index contributed by atoms with van der Waals surface area (Å²) in [5.74, 6) is 0.754. The van der Waals surface area contributed by atoms with Gasteiger partial charge in [-0.3, -0.25) is 9.69 Å². The van der Waals surface area contributed by atoms with Crippen molar-refractivity contribution in [3.8, 4) is 5.75 Å². The van der Waals surface area contributed by atoms with Crippen LogP contribution in [-0.2, 0) is 4.79 Å². The minimum atomic E-state index is -0.494. The summed E-state index contributed by atoms with van der Waals surface area (Å²) in [7, 11) is 0. The second kappa shape index (κ2) is 8.00. The summed E-state index contributed by atoms with van der Waals surface area (Å²) in [6.07, 6.45) is 0. The molecule has 2 aromatic carbocycles. The normalized spacial score (nSPS) is 16.4. The number of rotatable bonds is 4. The largest absolute Gasteiger partial charge is 0.508 e. The molecule has 1 aromatic heterocycles. The molecule has 1 atom stereocenters. The Bertz CT molecular complexity index is 1120. The van der Waals surface area contributed by atoms with Gasteiger partial charge in [0.05, 0.1) is 11.6 Å². The highest BCUT2D eigenvalue weighted by Gasteiger charge is 2.34. The number of para-hydroxylation sites is 1. The number of aryl methyl sites for hydroxylation is 1. The van der Waals surface area contributed by atoms with Crippen molar-refractivity contribution in [2.45, 2.75) is 19.9 Å². The van der Waals surface area contributed by atoms with Gasteiger partial charge in [0.15, 0.2) is 10.9 Å². The molecule has 8 heteroatoms. The molecule has 152 valence electrons. The molecule has 1 amide bonds. The molecule has 3 aromatic rings. The summed E-state index contributed by atoms with van der Waals surface area (Å²) in [5.41, 5.74) is 2.82. The smallest absolute Gasteiger partial charge is 0.257 e. The van der Waals surface area contributed by atoms with Gasteiger partial charge >= 0.3 is 0 Å². The maximum atomic E-state index is 13.3. The summed E-state index contributed by atoms with van der Waals surface area (Å²) < 4.78 is 5.06. The first kappa shape index (κ1) is 19.7. The van der Waals surface area contributed by atoms with Crippen molar-refractivity contribution in [2.75, 3.05) is 10.2 Å². The van der Waals surface area contributed by atoms with Gasteiger partial charge in [-0.1, -0.05) is 35.5 Å². The zero-order chi connectivity index (χ0) is 21.3. The number of hydrogen-bond acceptors (Lipinski definition) is 5. The molecule has 3 N–H and O–H groups in total. The van der Waals surface area contributed by atoms with Crippen molar-refractivity contribution in [1.82, 2.24) is 10.5 Å². The van der Waals surface area contributed by atoms with Gasteiger partial charge in [0.2, 0.25) is 0 Å². The van der Waals surface area contributed by atoms with Crippen LogP contribution in [0.5, 0.6) is 5.75 Å². The van der Waals surface area contributed by atoms with E-state index < -0.39 is 6.04 Å². The molecule has 0 spiro atoms. The molecule has 2 heterocycles. The predicted molar refractivity (Wildman–Crippen MR) is 118 cm³/mol. The molecule has 4 rings (SSSR count). The lowest BCUT2D eigenvalue weighted by molar-refractivity contribution is -0.113. The topological polar surface area (TPSA) is 90.6 Å². The number of carbonyl (C=O) groups is 1. The van der Waals surface area contributed by atoms with Crippen molar-refractivity contribution in [1.29, 1.82) is 0 Å². The van der Waals surface area contributed by atoms with Gasteiger partial charge < -0.3 is 20.3 Å². The van der Waals surface area contributed by atoms with Crippen LogP contribution in [0.4, 0.5) is 11.5 Å². The first-order chi connectivity index (χ1) is 14.4. The molecule has 0 radical (unpaired) electrons. The average Bonchev–Trinajstić information content (AvgIpc) is 3.13. The monoisotopic (exact) mass is 420 g/mol. The van der Waals surface area contributed by atoms with Crippen LogP contribution < -0.4 is 15.5 Å². The van der Waals surface area contributed by atoms with Crippen LogP contribution in [0.25, 0.3) is 0 Å². The van der Waals surface area contributed by atoms with Gasteiger partial charge in [-0.25, -0.2) is 0 Å². The highest BCUT2D eigenvalue weighted by atomic mass is 32.1. The van der Waals surface area contributed by atoms with E-state index in [1.165, 1.54) is 0 Å². The van der Waals surface area contributed by atoms with Gasteiger partial charge in [0.1, 0.15) is 11.5 Å². The third kappa shape index (κ3) is 3.77. The Morgan fingerprint density at radius 1 is 1.17 bits per heavy atom. The Kier molecular flexibility index (Phi) is 5.24. The lowest BCUT2D eigenvalue weighted by atomic mass is 9.94. The quantitative estimate of drug-likeness (QED) is 0.549. The third-order valence-electron chi connectivity index (χ3n) is 4.84. The van der Waals surface area contributed by atoms with Crippen molar-refractivity contribution in [2.24, 2.45) is 0 Å². The molecule has 0 aliphatic carbocycles. The van der Waals surface area contributed by atoms with Crippen LogP contribution in [0.2, 0.25) is 0 Å². The number of phenols is 1. The summed E-state index contributed by atoms with van der Waals surface area (Å²) in [6, 6.07) is 17.4. The molecule has 0 saturated heterocycles. The Morgan fingerprint density at radius 3 is 2.50 bits per heavy atom. The number of carbonyl (C=O) groups excluding carboxylic acids is 1. The van der Waals surface area contributed by atoms with Crippen LogP contribution in [0.1, 0.15) is 24.3 Å². The second-order valence-corrected chi connectivity index (χ2v) is 7.31. The molecule has 0 bridgehead atoms. The van der Waals surface area contributed by atoms with Crippen molar-refractivity contribution in [3.05, 3.63) is 83.3 Å². The van der Waals surface area contributed by atoms with E-state index in [1.807, 2.05) is 42.2 Å². The Hall–Kier alpha value is -3.65. The number of benzene rings is 2. The number of nitrogens with zero attached hydrogens (tertiary/aromatic N) is 2. The maximum Gasteiger partial charge on any atom is 0.257 e. The zero-order valence-electron chi connectivity index (χ0n) is 16.4. The molecule has 30 heavy (non-hydrogen) atoms. The first-order valence-electron chi connectivity index (χ1n) is 9.34. The molecule has 0 saturated carbocycles. The number of nitrogens with one attached hydrogen (secondary N) is 2. The van der Waals surface area contributed by atoms with E-state index in [0.717, 1.165) is 11.3 Å². The van der Waals surface area contributed by atoms with Crippen LogP contribution >= 0.6 is 12.2 Å². The fourth-order valence-corrected chi connectivity index (χ4v) is 3.81. The lowest BCUT2D eigenvalue weighted by Crippen LogP contribution is -2.48. The molecule has 1 aliphatic rings. The molecular formula is C22H20N4O3S. The number of phenolic OH excluding ortho intramolecular Hbond substituents is 1. The van der Waals surface area contributed by atoms with Crippen LogP contribution in [-0.4, -0.2) is 21.3 Å². The van der Waals surface area contributed by atoms with Gasteiger partial charge in [0, 0.05) is 17.5 Å². The number of anilines is 2. The molecule has 7 nitrogen and oxygen atoms in total. The van der Waals surface area contributed by atoms with Crippen molar-refractivity contribution >= 4 is 34.7 Å². The molecule has 0 unspecified atom stereocenters. The molecule has 1 aliphatic heterocycles. The third-order valence-corrected chi connectivity index (χ3v) is 5.14. The van der Waals surface area contributed by atoms with Crippen molar-refractivity contribution in [3.63, 3.8) is 0 Å². The number of amides is 1. The van der Waals surface area contributed by atoms with Gasteiger partial charge in [-0.15, -0.1) is 0 Å². The fraction of sp³-hybridized carbons (Fsp3) is 0.136. The second-order valence-electron chi connectivity index (χ2n) is 6.92. The Labute approximate surface area is 179 Å². The first-order valence-corrected chi connectivity index (χ1v) is 9.75. The van der Waals surface area contributed by atoms with Gasteiger partial charge in [-0.2, -0.15) is 0 Å². The van der Waals surface area contributed by atoms with Crippen molar-refractivity contribution < 1.29 is 14.4 Å². The van der Waals surface area contributed by atoms with E-state index in [9.17, 15) is 9.90 Å². The molecular weight excluding hydrogens is 400 g/mol. The minimum Gasteiger partial charge on any atom is -0.508 e. The number of thiocarbonyl (C=S) groups is 1. The van der Waals surface area contributed by atoms with Crippen LogP contribution in [0.3, 0.4) is 0 Å². The number of aromatic nitrogens is 1. The number of hydrogen-bond donors (Lipinski definition) is 3. The van der Waals surface area contributed by atoms with Gasteiger partial charge in [-0.05, 0) is 55.9 Å². The van der Waals surface area contributed by atoms with E-state index in [2.05, 4.69) is 15.8 Å². The minimum absolute atomic E-state index is 0.146.